The van der Waals surface area contributed by atoms with Gasteiger partial charge in [0, 0.05) is 37.2 Å². The molecule has 1 aliphatic heterocycles. The number of urea groups is 1. The Bertz CT molecular complexity index is 883. The Morgan fingerprint density at radius 1 is 1.03 bits per heavy atom. The van der Waals surface area contributed by atoms with Crippen LogP contribution in [0.5, 0.6) is 0 Å². The van der Waals surface area contributed by atoms with Gasteiger partial charge >= 0.3 is 6.03 Å². The van der Waals surface area contributed by atoms with E-state index in [1.54, 1.807) is 0 Å². The Hall–Kier alpha value is -1.39. The molecule has 0 unspecified atom stereocenters. The van der Waals surface area contributed by atoms with Crippen LogP contribution in [0, 0.1) is 0 Å². The lowest BCUT2D eigenvalue weighted by atomic mass is 9.96. The van der Waals surface area contributed by atoms with Gasteiger partial charge in [0.05, 0.1) is 11.6 Å². The van der Waals surface area contributed by atoms with Crippen LogP contribution in [0.1, 0.15) is 32.1 Å². The molecule has 0 radical (unpaired) electrons. The van der Waals surface area contributed by atoms with Crippen molar-refractivity contribution in [1.29, 1.82) is 0 Å². The van der Waals surface area contributed by atoms with Gasteiger partial charge in [-0.2, -0.15) is 4.31 Å². The summed E-state index contributed by atoms with van der Waals surface area (Å²) < 4.78 is 27.0. The number of nitrogens with zero attached hydrogens (tertiary/aromatic N) is 2. The van der Waals surface area contributed by atoms with E-state index in [0.29, 0.717) is 18.1 Å². The minimum absolute atomic E-state index is 0.0257. The minimum atomic E-state index is -3.78. The van der Waals surface area contributed by atoms with Gasteiger partial charge < -0.3 is 5.32 Å². The van der Waals surface area contributed by atoms with Gasteiger partial charge in [-0.25, -0.2) is 13.2 Å². The number of rotatable bonds is 5. The third-order valence-electron chi connectivity index (χ3n) is 5.40. The second-order valence-electron chi connectivity index (χ2n) is 7.61. The molecule has 1 saturated carbocycles. The number of imide groups is 1. The van der Waals surface area contributed by atoms with Crippen LogP contribution in [0.4, 0.5) is 4.79 Å². The molecular weight excluding hydrogens is 451 g/mol. The van der Waals surface area contributed by atoms with Gasteiger partial charge in [-0.1, -0.05) is 42.5 Å². The predicted octanol–water partition coefficient (Wildman–Crippen LogP) is 2.46. The molecule has 2 aliphatic rings. The van der Waals surface area contributed by atoms with Crippen molar-refractivity contribution in [2.45, 2.75) is 43.0 Å². The smallest absolute Gasteiger partial charge is 0.321 e. The second-order valence-corrected chi connectivity index (χ2v) is 10.4. The number of hydrogen-bond acceptors (Lipinski definition) is 5. The summed E-state index contributed by atoms with van der Waals surface area (Å²) >= 11 is 12.0. The molecule has 30 heavy (non-hydrogen) atoms. The van der Waals surface area contributed by atoms with E-state index < -0.39 is 22.0 Å². The predicted molar refractivity (Wildman–Crippen MR) is 115 cm³/mol. The SMILES string of the molecule is O=C(CN1CCN(S(=O)(=O)c2cc(Cl)ccc2Cl)CC1)NC(=O)NC1CCCCC1. The third kappa shape index (κ3) is 6.07. The highest BCUT2D eigenvalue weighted by Crippen LogP contribution is 2.28. The highest BCUT2D eigenvalue weighted by Gasteiger charge is 2.31. The first-order valence-corrected chi connectivity index (χ1v) is 12.2. The van der Waals surface area contributed by atoms with Gasteiger partial charge in [0.1, 0.15) is 4.90 Å². The van der Waals surface area contributed by atoms with Crippen LogP contribution in [-0.4, -0.2) is 68.3 Å². The normalized spacial score (nSPS) is 19.4. The van der Waals surface area contributed by atoms with Crippen LogP contribution in [0.25, 0.3) is 0 Å². The summed E-state index contributed by atoms with van der Waals surface area (Å²) in [4.78, 5) is 25.9. The molecule has 3 rings (SSSR count). The van der Waals surface area contributed by atoms with E-state index in [4.69, 9.17) is 23.2 Å². The lowest BCUT2D eigenvalue weighted by molar-refractivity contribution is -0.121. The molecule has 0 atom stereocenters. The zero-order valence-corrected chi connectivity index (χ0v) is 18.9. The van der Waals surface area contributed by atoms with Crippen molar-refractivity contribution in [3.8, 4) is 0 Å². The average Bonchev–Trinajstić information content (AvgIpc) is 2.70. The minimum Gasteiger partial charge on any atom is -0.335 e. The summed E-state index contributed by atoms with van der Waals surface area (Å²) in [6, 6.07) is 3.98. The van der Waals surface area contributed by atoms with Crippen LogP contribution >= 0.6 is 23.2 Å². The van der Waals surface area contributed by atoms with Crippen LogP contribution in [-0.2, 0) is 14.8 Å². The monoisotopic (exact) mass is 476 g/mol. The number of carbonyl (C=O) groups is 2. The average molecular weight is 477 g/mol. The highest BCUT2D eigenvalue weighted by molar-refractivity contribution is 7.89. The summed E-state index contributed by atoms with van der Waals surface area (Å²) in [7, 11) is -3.78. The van der Waals surface area contributed by atoms with E-state index >= 15 is 0 Å². The number of hydrogen-bond donors (Lipinski definition) is 2. The van der Waals surface area contributed by atoms with Crippen molar-refractivity contribution in [2.75, 3.05) is 32.7 Å². The zero-order chi connectivity index (χ0) is 21.7. The first kappa shape index (κ1) is 23.3. The van der Waals surface area contributed by atoms with E-state index in [-0.39, 0.29) is 35.6 Å². The fourth-order valence-electron chi connectivity index (χ4n) is 3.78. The number of benzene rings is 1. The number of carbonyl (C=O) groups excluding carboxylic acids is 2. The molecule has 1 heterocycles. The fourth-order valence-corrected chi connectivity index (χ4v) is 5.94. The molecule has 2 fully saturated rings. The molecule has 0 bridgehead atoms. The molecule has 8 nitrogen and oxygen atoms in total. The molecule has 0 spiro atoms. The van der Waals surface area contributed by atoms with Crippen molar-refractivity contribution in [3.05, 3.63) is 28.2 Å². The molecule has 2 N–H and O–H groups in total. The number of amides is 3. The summed E-state index contributed by atoms with van der Waals surface area (Å²) in [5.74, 6) is -0.405. The molecular formula is C19H26Cl2N4O4S. The molecule has 11 heteroatoms. The highest BCUT2D eigenvalue weighted by atomic mass is 35.5. The molecule has 1 aromatic carbocycles. The first-order valence-electron chi connectivity index (χ1n) is 10.0. The molecule has 0 aromatic heterocycles. The largest absolute Gasteiger partial charge is 0.335 e. The number of halogens is 2. The molecule has 1 saturated heterocycles. The van der Waals surface area contributed by atoms with E-state index in [1.807, 2.05) is 4.90 Å². The van der Waals surface area contributed by atoms with Crippen LogP contribution in [0.15, 0.2) is 23.1 Å². The van der Waals surface area contributed by atoms with Crippen molar-refractivity contribution in [1.82, 2.24) is 19.8 Å². The van der Waals surface area contributed by atoms with Gasteiger partial charge in [-0.05, 0) is 31.0 Å². The second kappa shape index (κ2) is 10.3. The van der Waals surface area contributed by atoms with E-state index in [2.05, 4.69) is 10.6 Å². The van der Waals surface area contributed by atoms with Crippen molar-refractivity contribution in [3.63, 3.8) is 0 Å². The summed E-state index contributed by atoms with van der Waals surface area (Å²) in [5, 5.41) is 5.61. The van der Waals surface area contributed by atoms with Gasteiger partial charge in [-0.15, -0.1) is 0 Å². The Balaban J connectivity index is 1.47. The lowest BCUT2D eigenvalue weighted by Crippen LogP contribution is -2.53. The standard InChI is InChI=1S/C19H26Cl2N4O4S/c20-14-6-7-16(21)17(12-14)30(28,29)25-10-8-24(9-11-25)13-18(26)23-19(27)22-15-4-2-1-3-5-15/h6-7,12,15H,1-5,8-11,13H2,(H2,22,23,26,27). The third-order valence-corrected chi connectivity index (χ3v) is 8.02. The lowest BCUT2D eigenvalue weighted by Gasteiger charge is -2.33. The summed E-state index contributed by atoms with van der Waals surface area (Å²) in [6.07, 6.45) is 5.24. The Morgan fingerprint density at radius 2 is 1.70 bits per heavy atom. The quantitative estimate of drug-likeness (QED) is 0.679. The van der Waals surface area contributed by atoms with Crippen molar-refractivity contribution >= 4 is 45.2 Å². The van der Waals surface area contributed by atoms with E-state index in [1.165, 1.54) is 28.9 Å². The van der Waals surface area contributed by atoms with E-state index in [0.717, 1.165) is 25.7 Å². The van der Waals surface area contributed by atoms with Crippen LogP contribution in [0.2, 0.25) is 10.0 Å². The van der Waals surface area contributed by atoms with E-state index in [9.17, 15) is 18.0 Å². The summed E-state index contributed by atoms with van der Waals surface area (Å²) in [6.45, 7) is 1.20. The van der Waals surface area contributed by atoms with Gasteiger partial charge in [0.25, 0.3) is 0 Å². The van der Waals surface area contributed by atoms with Gasteiger partial charge in [-0.3, -0.25) is 15.0 Å². The zero-order valence-electron chi connectivity index (χ0n) is 16.6. The first-order chi connectivity index (χ1) is 14.3. The molecule has 1 aliphatic carbocycles. The Kier molecular flexibility index (Phi) is 7.98. The maximum atomic E-state index is 12.9. The van der Waals surface area contributed by atoms with Crippen molar-refractivity contribution < 1.29 is 18.0 Å². The number of piperazine rings is 1. The fraction of sp³-hybridized carbons (Fsp3) is 0.579. The molecule has 1 aromatic rings. The molecule has 3 amide bonds. The van der Waals surface area contributed by atoms with Crippen LogP contribution in [0.3, 0.4) is 0 Å². The maximum absolute atomic E-state index is 12.9. The molecule has 166 valence electrons. The van der Waals surface area contributed by atoms with Gasteiger partial charge in [0.15, 0.2) is 0 Å². The number of nitrogens with one attached hydrogen (secondary N) is 2. The summed E-state index contributed by atoms with van der Waals surface area (Å²) in [5.41, 5.74) is 0. The maximum Gasteiger partial charge on any atom is 0.321 e. The Labute approximate surface area is 186 Å². The van der Waals surface area contributed by atoms with Gasteiger partial charge in [0.2, 0.25) is 15.9 Å². The van der Waals surface area contributed by atoms with Crippen molar-refractivity contribution in [2.24, 2.45) is 0 Å². The van der Waals surface area contributed by atoms with Crippen LogP contribution < -0.4 is 10.6 Å². The Morgan fingerprint density at radius 3 is 2.37 bits per heavy atom. The number of sulfonamides is 1. The topological polar surface area (TPSA) is 98.8 Å².